The van der Waals surface area contributed by atoms with E-state index in [1.54, 1.807) is 11.7 Å². The first-order chi connectivity index (χ1) is 20.4. The molecule has 0 radical (unpaired) electrons. The Labute approximate surface area is 245 Å². The van der Waals surface area contributed by atoms with Crippen LogP contribution in [0.4, 0.5) is 5.69 Å². The zero-order chi connectivity index (χ0) is 29.4. The SMILES string of the molecule is C=[N+](C)c1ccccc1COC(=O)C1=C(C)NC2=C(C(=O)C[C@H](c3ccccc3OC)C2)[C@@H]1c1cccc2[nH]ccc12. The molecule has 0 bridgehead atoms. The molecular formula is C35H34N3O4+. The van der Waals surface area contributed by atoms with Crippen LogP contribution in [0.25, 0.3) is 10.9 Å². The van der Waals surface area contributed by atoms with E-state index in [4.69, 9.17) is 9.47 Å². The first-order valence-electron chi connectivity index (χ1n) is 14.1. The van der Waals surface area contributed by atoms with Crippen LogP contribution in [-0.4, -0.2) is 42.2 Å². The molecule has 2 atom stereocenters. The van der Waals surface area contributed by atoms with E-state index in [0.717, 1.165) is 44.7 Å². The van der Waals surface area contributed by atoms with Crippen molar-refractivity contribution >= 4 is 35.1 Å². The van der Waals surface area contributed by atoms with Gasteiger partial charge in [-0.1, -0.05) is 42.5 Å². The molecule has 4 aromatic rings. The van der Waals surface area contributed by atoms with E-state index in [1.165, 1.54) is 0 Å². The summed E-state index contributed by atoms with van der Waals surface area (Å²) in [7, 11) is 3.51. The van der Waals surface area contributed by atoms with E-state index in [1.807, 2.05) is 93.0 Å². The second kappa shape index (κ2) is 11.2. The molecule has 1 aromatic heterocycles. The van der Waals surface area contributed by atoms with Crippen LogP contribution in [0, 0.1) is 0 Å². The Morgan fingerprint density at radius 1 is 1.00 bits per heavy atom. The third kappa shape index (κ3) is 4.81. The van der Waals surface area contributed by atoms with E-state index in [2.05, 4.69) is 17.0 Å². The molecule has 42 heavy (non-hydrogen) atoms. The van der Waals surface area contributed by atoms with Gasteiger partial charge in [-0.2, -0.15) is 0 Å². The second-order valence-electron chi connectivity index (χ2n) is 10.9. The number of ether oxygens (including phenoxy) is 2. The molecule has 0 spiro atoms. The number of rotatable bonds is 7. The predicted octanol–water partition coefficient (Wildman–Crippen LogP) is 6.26. The number of carbonyl (C=O) groups is 2. The number of aromatic nitrogens is 1. The summed E-state index contributed by atoms with van der Waals surface area (Å²) in [5.74, 6) is -0.274. The van der Waals surface area contributed by atoms with Crippen LogP contribution in [0.1, 0.15) is 48.3 Å². The number of H-pyrrole nitrogens is 1. The van der Waals surface area contributed by atoms with Crippen molar-refractivity contribution in [2.45, 2.75) is 38.2 Å². The average molecular weight is 561 g/mol. The zero-order valence-electron chi connectivity index (χ0n) is 24.1. The van der Waals surface area contributed by atoms with Crippen LogP contribution in [-0.2, 0) is 20.9 Å². The molecule has 2 aliphatic rings. The van der Waals surface area contributed by atoms with Crippen LogP contribution in [0.2, 0.25) is 0 Å². The number of fused-ring (bicyclic) bond motifs is 1. The quantitative estimate of drug-likeness (QED) is 0.158. The molecule has 0 fully saturated rings. The highest BCUT2D eigenvalue weighted by Crippen LogP contribution is 2.48. The monoisotopic (exact) mass is 560 g/mol. The Hall–Kier alpha value is -4.91. The summed E-state index contributed by atoms with van der Waals surface area (Å²) in [6, 6.07) is 23.5. The first kappa shape index (κ1) is 27.3. The van der Waals surface area contributed by atoms with Gasteiger partial charge in [0.15, 0.2) is 5.78 Å². The molecule has 1 aliphatic heterocycles. The van der Waals surface area contributed by atoms with Gasteiger partial charge in [-0.15, -0.1) is 0 Å². The Morgan fingerprint density at radius 3 is 2.57 bits per heavy atom. The maximum atomic E-state index is 14.1. The van der Waals surface area contributed by atoms with Gasteiger partial charge < -0.3 is 19.8 Å². The van der Waals surface area contributed by atoms with Gasteiger partial charge in [0.05, 0.1) is 18.2 Å². The largest absolute Gasteiger partial charge is 0.496 e. The van der Waals surface area contributed by atoms with E-state index in [0.29, 0.717) is 29.7 Å². The van der Waals surface area contributed by atoms with Crippen molar-refractivity contribution in [3.8, 4) is 5.75 Å². The number of aromatic amines is 1. The molecule has 0 saturated heterocycles. The number of dihydropyridines is 1. The Kier molecular flexibility index (Phi) is 7.25. The number of carbonyl (C=O) groups excluding carboxylic acids is 2. The number of benzene rings is 3. The fraction of sp³-hybridized carbons (Fsp3) is 0.229. The Balaban J connectivity index is 1.41. The number of para-hydroxylation sites is 2. The number of nitrogens with one attached hydrogen (secondary N) is 2. The van der Waals surface area contributed by atoms with Gasteiger partial charge in [0.2, 0.25) is 5.69 Å². The van der Waals surface area contributed by atoms with Crippen LogP contribution in [0.3, 0.4) is 0 Å². The van der Waals surface area contributed by atoms with Crippen molar-refractivity contribution in [3.05, 3.63) is 118 Å². The number of ketones is 1. The van der Waals surface area contributed by atoms with E-state index in [-0.39, 0.29) is 18.3 Å². The number of allylic oxidation sites excluding steroid dienone is 3. The molecule has 7 heteroatoms. The summed E-state index contributed by atoms with van der Waals surface area (Å²) in [5, 5.41) is 4.43. The fourth-order valence-corrected chi connectivity index (χ4v) is 6.43. The van der Waals surface area contributed by atoms with Gasteiger partial charge >= 0.3 is 5.97 Å². The fourth-order valence-electron chi connectivity index (χ4n) is 6.43. The minimum Gasteiger partial charge on any atom is -0.496 e. The summed E-state index contributed by atoms with van der Waals surface area (Å²) in [4.78, 5) is 31.3. The third-order valence-corrected chi connectivity index (χ3v) is 8.33. The van der Waals surface area contributed by atoms with Gasteiger partial charge in [-0.3, -0.25) is 4.79 Å². The predicted molar refractivity (Wildman–Crippen MR) is 163 cm³/mol. The highest BCUT2D eigenvalue weighted by Gasteiger charge is 2.42. The molecule has 7 nitrogen and oxygen atoms in total. The lowest BCUT2D eigenvalue weighted by molar-refractivity contribution is -0.395. The summed E-state index contributed by atoms with van der Waals surface area (Å²) < 4.78 is 13.3. The molecular weight excluding hydrogens is 526 g/mol. The van der Waals surface area contributed by atoms with Crippen LogP contribution in [0.15, 0.2) is 102 Å². The molecule has 212 valence electrons. The van der Waals surface area contributed by atoms with Gasteiger partial charge in [0.1, 0.15) is 26.1 Å². The zero-order valence-corrected chi connectivity index (χ0v) is 24.1. The summed E-state index contributed by atoms with van der Waals surface area (Å²) in [5.41, 5.74) is 7.19. The highest BCUT2D eigenvalue weighted by atomic mass is 16.5. The standard InChI is InChI=1S/C35H33N3O4/c1-21-32(35(40)42-20-22-10-5-7-14-29(22)38(2)3)33(26-12-9-13-27-25(26)16-17-36-27)34-28(37-21)18-23(19-30(34)39)24-11-6-8-15-31(24)41-4/h5-17,23,33,36H,2,18-20H2,1,3-4H3/p+1/t23-,33-/m1/s1. The lowest BCUT2D eigenvalue weighted by atomic mass is 9.71. The molecule has 2 heterocycles. The van der Waals surface area contributed by atoms with Crippen molar-refractivity contribution in [3.63, 3.8) is 0 Å². The summed E-state index contributed by atoms with van der Waals surface area (Å²) >= 11 is 0. The maximum Gasteiger partial charge on any atom is 0.337 e. The lowest BCUT2D eigenvalue weighted by Crippen LogP contribution is -2.36. The van der Waals surface area contributed by atoms with Gasteiger partial charge in [-0.05, 0) is 48.7 Å². The molecule has 0 unspecified atom stereocenters. The van der Waals surface area contributed by atoms with Crippen molar-refractivity contribution in [2.75, 3.05) is 14.2 Å². The first-order valence-corrected chi connectivity index (χ1v) is 14.1. The normalized spacial score (nSPS) is 18.5. The number of nitrogens with zero attached hydrogens (tertiary/aromatic N) is 1. The Bertz CT molecular complexity index is 1790. The van der Waals surface area contributed by atoms with E-state index >= 15 is 0 Å². The minimum atomic E-state index is -0.565. The third-order valence-electron chi connectivity index (χ3n) is 8.33. The summed E-state index contributed by atoms with van der Waals surface area (Å²) in [6.07, 6.45) is 2.83. The number of hydrogen-bond acceptors (Lipinski definition) is 5. The number of esters is 1. The van der Waals surface area contributed by atoms with E-state index in [9.17, 15) is 9.59 Å². The smallest absolute Gasteiger partial charge is 0.337 e. The van der Waals surface area contributed by atoms with Crippen molar-refractivity contribution in [2.24, 2.45) is 0 Å². The highest BCUT2D eigenvalue weighted by molar-refractivity contribution is 6.05. The lowest BCUT2D eigenvalue weighted by Gasteiger charge is -2.37. The van der Waals surface area contributed by atoms with E-state index < -0.39 is 11.9 Å². The maximum absolute atomic E-state index is 14.1. The number of methoxy groups -OCH3 is 1. The molecule has 2 N–H and O–H groups in total. The van der Waals surface area contributed by atoms with Gasteiger partial charge in [-0.25, -0.2) is 9.37 Å². The minimum absolute atomic E-state index is 0.0130. The van der Waals surface area contributed by atoms with Crippen molar-refractivity contribution in [1.82, 2.24) is 10.3 Å². The van der Waals surface area contributed by atoms with Crippen molar-refractivity contribution in [1.29, 1.82) is 0 Å². The molecule has 1 aliphatic carbocycles. The Morgan fingerprint density at radius 2 is 1.76 bits per heavy atom. The molecule has 0 saturated carbocycles. The van der Waals surface area contributed by atoms with Gasteiger partial charge in [0, 0.05) is 58.4 Å². The molecule has 0 amide bonds. The molecule has 6 rings (SSSR count). The average Bonchev–Trinajstić information content (AvgIpc) is 3.48. The summed E-state index contributed by atoms with van der Waals surface area (Å²) in [6.45, 7) is 5.96. The number of hydrogen-bond donors (Lipinski definition) is 2. The van der Waals surface area contributed by atoms with Crippen LogP contribution >= 0.6 is 0 Å². The molecule has 3 aromatic carbocycles. The van der Waals surface area contributed by atoms with Crippen LogP contribution in [0.5, 0.6) is 5.75 Å². The number of Topliss-reactive ketones (excluding diaryl/α,β-unsaturated/α-hetero) is 1. The van der Waals surface area contributed by atoms with Crippen molar-refractivity contribution < 1.29 is 23.6 Å². The van der Waals surface area contributed by atoms with Crippen LogP contribution < -0.4 is 10.1 Å². The van der Waals surface area contributed by atoms with Gasteiger partial charge in [0.25, 0.3) is 0 Å². The second-order valence-corrected chi connectivity index (χ2v) is 10.9. The topological polar surface area (TPSA) is 83.4 Å².